The first-order valence-corrected chi connectivity index (χ1v) is 26.2. The van der Waals surface area contributed by atoms with Crippen LogP contribution in [0.5, 0.6) is 0 Å². The summed E-state index contributed by atoms with van der Waals surface area (Å²) in [6, 6.07) is 31.7. The molecule has 2 atom stereocenters. The quantitative estimate of drug-likeness (QED) is 0.0288. The number of nitrogens with zero attached hydrogens (tertiary/aromatic N) is 1. The highest BCUT2D eigenvalue weighted by molar-refractivity contribution is 8.02. The number of carboxylic acids is 1. The Morgan fingerprint density at radius 1 is 0.627 bits per heavy atom. The zero-order valence-corrected chi connectivity index (χ0v) is 43.1. The third-order valence-corrected chi connectivity index (χ3v) is 14.4. The van der Waals surface area contributed by atoms with Crippen LogP contribution in [0.1, 0.15) is 136 Å². The van der Waals surface area contributed by atoms with Crippen molar-refractivity contribution in [2.45, 2.75) is 152 Å². The van der Waals surface area contributed by atoms with Gasteiger partial charge in [0.05, 0.1) is 35.8 Å². The van der Waals surface area contributed by atoms with E-state index < -0.39 is 55.3 Å². The molecular weight excluding hydrogens is 883 g/mol. The average molecular weight is 961 g/mol. The number of ether oxygens (including phenoxy) is 1. The Morgan fingerprint density at radius 3 is 1.34 bits per heavy atom. The van der Waals surface area contributed by atoms with Crippen LogP contribution in [0.15, 0.2) is 120 Å². The number of carboxylic acid groups (broad SMARTS) is 1. The van der Waals surface area contributed by atoms with Gasteiger partial charge >= 0.3 is 12.1 Å². The van der Waals surface area contributed by atoms with Crippen LogP contribution in [-0.4, -0.2) is 89.1 Å². The number of nitrogens with one attached hydrogen (secondary N) is 2. The fourth-order valence-electron chi connectivity index (χ4n) is 8.26. The molecule has 11 nitrogen and oxygen atoms in total. The van der Waals surface area contributed by atoms with Gasteiger partial charge in [0.25, 0.3) is 10.1 Å². The van der Waals surface area contributed by atoms with Crippen LogP contribution in [-0.2, 0) is 35.6 Å². The molecule has 4 aromatic rings. The average Bonchev–Trinajstić information content (AvgIpc) is 3.29. The molecule has 13 heteroatoms. The minimum Gasteiger partial charge on any atom is -0.480 e. The third-order valence-electron chi connectivity index (χ3n) is 11.8. The number of hydrogen-bond acceptors (Lipinski definition) is 7. The number of quaternary nitrogens is 1. The number of rotatable bonds is 25. The van der Waals surface area contributed by atoms with E-state index in [4.69, 9.17) is 4.74 Å². The maximum atomic E-state index is 14.3. The molecule has 0 aliphatic rings. The van der Waals surface area contributed by atoms with Gasteiger partial charge in [-0.25, -0.2) is 9.59 Å². The summed E-state index contributed by atoms with van der Waals surface area (Å²) in [5.74, 6) is -2.11. The van der Waals surface area contributed by atoms with Gasteiger partial charge in [0.15, 0.2) is 0 Å². The third kappa shape index (κ3) is 17.7. The van der Waals surface area contributed by atoms with Gasteiger partial charge in [-0.2, -0.15) is 8.42 Å². The summed E-state index contributed by atoms with van der Waals surface area (Å²) in [6.45, 7) is 23.7. The largest absolute Gasteiger partial charge is 0.480 e. The number of unbranched alkanes of at least 4 members (excludes halogenated alkanes) is 4. The van der Waals surface area contributed by atoms with Crippen molar-refractivity contribution < 1.29 is 41.7 Å². The van der Waals surface area contributed by atoms with Crippen LogP contribution in [0.4, 0.5) is 4.79 Å². The summed E-state index contributed by atoms with van der Waals surface area (Å²) in [4.78, 5) is 39.7. The van der Waals surface area contributed by atoms with E-state index in [1.54, 1.807) is 20.8 Å². The Hall–Kier alpha value is -4.69. The van der Waals surface area contributed by atoms with Crippen LogP contribution in [0.3, 0.4) is 0 Å². The van der Waals surface area contributed by atoms with Gasteiger partial charge in [0.1, 0.15) is 17.7 Å². The van der Waals surface area contributed by atoms with Crippen LogP contribution >= 0.6 is 11.8 Å². The fourth-order valence-corrected chi connectivity index (χ4v) is 10.6. The van der Waals surface area contributed by atoms with Gasteiger partial charge < -0.3 is 25.0 Å². The van der Waals surface area contributed by atoms with Crippen LogP contribution in [0, 0.1) is 0 Å². The van der Waals surface area contributed by atoms with Gasteiger partial charge in [-0.1, -0.05) is 157 Å². The van der Waals surface area contributed by atoms with Gasteiger partial charge in [0.2, 0.25) is 5.91 Å². The highest BCUT2D eigenvalue weighted by Gasteiger charge is 2.48. The summed E-state index contributed by atoms with van der Waals surface area (Å²) in [5.41, 5.74) is 2.27. The van der Waals surface area contributed by atoms with Crippen LogP contribution in [0.2, 0.25) is 0 Å². The highest BCUT2D eigenvalue weighted by Crippen LogP contribution is 2.54. The predicted molar refractivity (Wildman–Crippen MR) is 273 cm³/mol. The van der Waals surface area contributed by atoms with Gasteiger partial charge in [-0.3, -0.25) is 9.35 Å². The molecule has 368 valence electrons. The maximum Gasteiger partial charge on any atom is 0.408 e. The summed E-state index contributed by atoms with van der Waals surface area (Å²) >= 11 is 1.43. The topological polar surface area (TPSA) is 159 Å². The molecule has 0 aromatic heterocycles. The second-order valence-corrected chi connectivity index (χ2v) is 22.2. The number of hydrogen-bond donors (Lipinski definition) is 4. The number of carbonyl (C=O) groups is 3. The van der Waals surface area contributed by atoms with Crippen molar-refractivity contribution in [3.63, 3.8) is 0 Å². The van der Waals surface area contributed by atoms with Crippen molar-refractivity contribution in [3.8, 4) is 0 Å². The molecule has 0 bridgehead atoms. The Labute approximate surface area is 406 Å². The molecule has 4 rings (SSSR count). The predicted octanol–water partition coefficient (Wildman–Crippen LogP) is 11.4. The summed E-state index contributed by atoms with van der Waals surface area (Å²) in [5, 5.41) is 15.5. The van der Waals surface area contributed by atoms with Gasteiger partial charge in [-0.05, 0) is 94.7 Å². The maximum absolute atomic E-state index is 14.3. The number of thioether (sulfide) groups is 1. The summed E-state index contributed by atoms with van der Waals surface area (Å²) in [6.07, 6.45) is 10.00. The van der Waals surface area contributed by atoms with E-state index in [-0.39, 0.29) is 11.3 Å². The summed E-state index contributed by atoms with van der Waals surface area (Å²) < 4.78 is 37.2. The second kappa shape index (κ2) is 26.7. The molecule has 0 saturated carbocycles. The van der Waals surface area contributed by atoms with Crippen molar-refractivity contribution in [3.05, 3.63) is 138 Å². The fraction of sp³-hybridized carbons (Fsp3) is 0.500. The second-order valence-electron chi connectivity index (χ2n) is 18.9. The van der Waals surface area contributed by atoms with E-state index in [9.17, 15) is 32.5 Å². The van der Waals surface area contributed by atoms with E-state index in [0.717, 1.165) is 28.8 Å². The van der Waals surface area contributed by atoms with E-state index in [1.807, 2.05) is 105 Å². The Kier molecular flexibility index (Phi) is 22.6. The lowest BCUT2D eigenvalue weighted by atomic mass is 9.84. The molecule has 4 aromatic carbocycles. The normalized spacial score (nSPS) is 13.1. The number of alkyl carbamates (subject to hydrolysis) is 1. The van der Waals surface area contributed by atoms with Crippen molar-refractivity contribution in [1.82, 2.24) is 10.6 Å². The minimum absolute atomic E-state index is 0.207. The summed E-state index contributed by atoms with van der Waals surface area (Å²) in [7, 11) is -4.45. The minimum atomic E-state index is -4.45. The van der Waals surface area contributed by atoms with Crippen LogP contribution < -0.4 is 10.6 Å². The molecule has 0 aliphatic heterocycles. The number of aliphatic carboxylic acids is 1. The highest BCUT2D eigenvalue weighted by atomic mass is 32.2. The lowest BCUT2D eigenvalue weighted by molar-refractivity contribution is -0.929. The van der Waals surface area contributed by atoms with E-state index in [2.05, 4.69) is 38.3 Å². The molecule has 67 heavy (non-hydrogen) atoms. The molecule has 0 spiro atoms. The number of benzene rings is 4. The Morgan fingerprint density at radius 2 is 1.01 bits per heavy atom. The van der Waals surface area contributed by atoms with E-state index >= 15 is 0 Å². The molecule has 0 unspecified atom stereocenters. The SMILES string of the molecule is CC(C)(C)OC(=O)N[C@H](C(=O)N[C@@H](Cc1ccc(S(=O)(=O)O)cc1)C(=O)O)C(C)(C)SC(c1ccccc1)(c1ccccc1)c1ccccc1.CCCC[N+](CCCC)(CCCC)CCCC. The molecule has 0 aliphatic carbocycles. The monoisotopic (exact) mass is 961 g/mol. The first kappa shape index (κ1) is 56.6. The Balaban J connectivity index is 0.000000593. The van der Waals surface area contributed by atoms with Crippen LogP contribution in [0.25, 0.3) is 0 Å². The van der Waals surface area contributed by atoms with Crippen molar-refractivity contribution in [1.29, 1.82) is 0 Å². The lowest BCUT2D eigenvalue weighted by Gasteiger charge is -2.44. The van der Waals surface area contributed by atoms with Crippen molar-refractivity contribution >= 4 is 39.8 Å². The smallest absolute Gasteiger partial charge is 0.408 e. The zero-order chi connectivity index (χ0) is 49.7. The van der Waals surface area contributed by atoms with Crippen molar-refractivity contribution in [2.75, 3.05) is 26.2 Å². The number of carbonyl (C=O) groups excluding carboxylic acids is 2. The molecule has 0 saturated heterocycles. The molecule has 0 heterocycles. The van der Waals surface area contributed by atoms with Gasteiger partial charge in [0, 0.05) is 11.2 Å². The van der Waals surface area contributed by atoms with Crippen molar-refractivity contribution in [2.24, 2.45) is 0 Å². The van der Waals surface area contributed by atoms with E-state index in [1.165, 1.54) is 106 Å². The molecule has 2 amide bonds. The van der Waals surface area contributed by atoms with E-state index in [0.29, 0.717) is 5.56 Å². The first-order valence-electron chi connectivity index (χ1n) is 24.0. The lowest BCUT2D eigenvalue weighted by Crippen LogP contribution is -2.60. The molecule has 0 fully saturated rings. The van der Waals surface area contributed by atoms with Gasteiger partial charge in [-0.15, -0.1) is 11.8 Å². The zero-order valence-electron chi connectivity index (χ0n) is 41.4. The Bertz CT molecular complexity index is 2060. The first-order chi connectivity index (χ1) is 31.7. The number of amides is 2. The molecule has 0 radical (unpaired) electrons. The standard InChI is InChI=1S/C38H42N2O8S2.C16H36N/c1-36(2,3)48-35(44)40-32(33(41)39-31(34(42)43)25-26-21-23-30(24-22-26)50(45,46)47)37(4,5)49-38(27-15-9-6-10-16-27,28-17-11-7-12-18-28)29-19-13-8-14-20-29;1-5-9-13-17(14-10-6-2,15-11-7-3)16-12-8-4/h6-24,31-32H,25H2,1-5H3,(H,39,41)(H,40,44)(H,42,43)(H,45,46,47);5-16H2,1-4H3/q;+1/t31-,32+;/m0./s1. The molecular formula is C54H78N3O8S2+. The molecule has 4 N–H and O–H groups in total.